The van der Waals surface area contributed by atoms with Crippen molar-refractivity contribution in [2.75, 3.05) is 53.3 Å². The van der Waals surface area contributed by atoms with E-state index in [-0.39, 0.29) is 5.97 Å². The number of hydrogen-bond acceptors (Lipinski definition) is 6. The average molecular weight is 277 g/mol. The minimum absolute atomic E-state index is 0.201. The van der Waals surface area contributed by atoms with E-state index in [1.54, 1.807) is 7.11 Å². The van der Waals surface area contributed by atoms with Crippen LogP contribution in [0.3, 0.4) is 0 Å². The fourth-order valence-electron chi connectivity index (χ4n) is 1.21. The van der Waals surface area contributed by atoms with Crippen molar-refractivity contribution in [3.05, 3.63) is 0 Å². The minimum atomic E-state index is -0.201. The highest BCUT2D eigenvalue weighted by atomic mass is 16.6. The summed E-state index contributed by atoms with van der Waals surface area (Å²) in [6.45, 7) is 7.58. The van der Waals surface area contributed by atoms with E-state index in [0.717, 1.165) is 0 Å². The number of rotatable bonds is 13. The van der Waals surface area contributed by atoms with Crippen LogP contribution in [0, 0.1) is 0 Å². The zero-order chi connectivity index (χ0) is 14.3. The van der Waals surface area contributed by atoms with Crippen LogP contribution in [-0.2, 0) is 23.7 Å². The molecule has 0 aliphatic carbocycles. The number of ether oxygens (including phenoxy) is 4. The lowest BCUT2D eigenvalue weighted by Crippen LogP contribution is -2.26. The number of carbonyl (C=O) groups excluding carboxylic acids is 1. The second-order valence-electron chi connectivity index (χ2n) is 4.30. The predicted molar refractivity (Wildman–Crippen MR) is 72.2 cm³/mol. The Kier molecular flexibility index (Phi) is 13.2. The van der Waals surface area contributed by atoms with E-state index in [2.05, 4.69) is 5.32 Å². The molecule has 0 aliphatic heterocycles. The molecule has 1 N–H and O–H groups in total. The number of esters is 1. The molecule has 0 aliphatic rings. The second-order valence-corrected chi connectivity index (χ2v) is 4.30. The third kappa shape index (κ3) is 15.3. The number of hydrogen-bond donors (Lipinski definition) is 1. The lowest BCUT2D eigenvalue weighted by atomic mass is 10.3. The molecule has 0 saturated carbocycles. The van der Waals surface area contributed by atoms with Crippen LogP contribution in [0.15, 0.2) is 0 Å². The van der Waals surface area contributed by atoms with Gasteiger partial charge in [0.1, 0.15) is 6.61 Å². The third-order valence-corrected chi connectivity index (χ3v) is 2.18. The molecule has 0 atom stereocenters. The van der Waals surface area contributed by atoms with E-state index in [0.29, 0.717) is 58.6 Å². The summed E-state index contributed by atoms with van der Waals surface area (Å²) in [6.07, 6.45) is 0.387. The first-order chi connectivity index (χ1) is 9.16. The summed E-state index contributed by atoms with van der Waals surface area (Å²) < 4.78 is 20.3. The lowest BCUT2D eigenvalue weighted by Gasteiger charge is -2.08. The predicted octanol–water partition coefficient (Wildman–Crippen LogP) is 0.597. The summed E-state index contributed by atoms with van der Waals surface area (Å²) in [5.74, 6) is -0.201. The molecule has 0 heterocycles. The van der Waals surface area contributed by atoms with Gasteiger partial charge in [-0.1, -0.05) is 13.8 Å². The maximum absolute atomic E-state index is 11.3. The Morgan fingerprint density at radius 3 is 2.16 bits per heavy atom. The van der Waals surface area contributed by atoms with Gasteiger partial charge in [-0.05, 0) is 0 Å². The van der Waals surface area contributed by atoms with Crippen molar-refractivity contribution in [3.8, 4) is 0 Å². The molecule has 0 spiro atoms. The molecule has 0 rings (SSSR count). The van der Waals surface area contributed by atoms with Crippen molar-refractivity contribution in [3.63, 3.8) is 0 Å². The Morgan fingerprint density at radius 2 is 1.58 bits per heavy atom. The molecule has 0 bridgehead atoms. The van der Waals surface area contributed by atoms with Gasteiger partial charge in [-0.25, -0.2) is 0 Å². The summed E-state index contributed by atoms with van der Waals surface area (Å²) in [6, 6.07) is 0.384. The van der Waals surface area contributed by atoms with Gasteiger partial charge in [0.25, 0.3) is 0 Å². The van der Waals surface area contributed by atoms with E-state index in [1.807, 2.05) is 13.8 Å². The fourth-order valence-corrected chi connectivity index (χ4v) is 1.21. The quantitative estimate of drug-likeness (QED) is 0.393. The first-order valence-corrected chi connectivity index (χ1v) is 6.70. The standard InChI is InChI=1S/C13H27NO5/c1-12(2)14-5-4-13(15)19-11-10-18-9-8-17-7-6-16-3/h12,14H,4-11H2,1-3H3. The summed E-state index contributed by atoms with van der Waals surface area (Å²) >= 11 is 0. The number of nitrogens with one attached hydrogen (secondary N) is 1. The number of methoxy groups -OCH3 is 1. The van der Waals surface area contributed by atoms with Crippen LogP contribution >= 0.6 is 0 Å². The Labute approximate surface area is 115 Å². The van der Waals surface area contributed by atoms with Crippen LogP contribution in [0.5, 0.6) is 0 Å². The zero-order valence-corrected chi connectivity index (χ0v) is 12.3. The molecular weight excluding hydrogens is 250 g/mol. The summed E-state index contributed by atoms with van der Waals surface area (Å²) in [7, 11) is 1.63. The molecule has 0 aromatic rings. The second kappa shape index (κ2) is 13.7. The van der Waals surface area contributed by atoms with Crippen LogP contribution in [0.2, 0.25) is 0 Å². The molecule has 6 nitrogen and oxygen atoms in total. The van der Waals surface area contributed by atoms with E-state index >= 15 is 0 Å². The largest absolute Gasteiger partial charge is 0.463 e. The van der Waals surface area contributed by atoms with Crippen LogP contribution < -0.4 is 5.32 Å². The first kappa shape index (κ1) is 18.3. The van der Waals surface area contributed by atoms with Crippen LogP contribution in [0.25, 0.3) is 0 Å². The maximum atomic E-state index is 11.3. The molecule has 0 fully saturated rings. The first-order valence-electron chi connectivity index (χ1n) is 6.70. The van der Waals surface area contributed by atoms with Gasteiger partial charge in [0.2, 0.25) is 0 Å². The molecular formula is C13H27NO5. The van der Waals surface area contributed by atoms with Gasteiger partial charge in [0, 0.05) is 19.7 Å². The fraction of sp³-hybridized carbons (Fsp3) is 0.923. The monoisotopic (exact) mass is 277 g/mol. The van der Waals surface area contributed by atoms with Crippen molar-refractivity contribution in [1.82, 2.24) is 5.32 Å². The summed E-state index contributed by atoms with van der Waals surface area (Å²) in [4.78, 5) is 11.3. The molecule has 0 saturated heterocycles. The van der Waals surface area contributed by atoms with Gasteiger partial charge in [-0.15, -0.1) is 0 Å². The van der Waals surface area contributed by atoms with E-state index < -0.39 is 0 Å². The zero-order valence-electron chi connectivity index (χ0n) is 12.3. The van der Waals surface area contributed by atoms with E-state index in [9.17, 15) is 4.79 Å². The molecule has 114 valence electrons. The third-order valence-electron chi connectivity index (χ3n) is 2.18. The SMILES string of the molecule is COCCOCCOCCOC(=O)CCNC(C)C. The van der Waals surface area contributed by atoms with Gasteiger partial charge < -0.3 is 24.3 Å². The smallest absolute Gasteiger partial charge is 0.307 e. The molecule has 0 radical (unpaired) electrons. The highest BCUT2D eigenvalue weighted by molar-refractivity contribution is 5.69. The van der Waals surface area contributed by atoms with E-state index in [4.69, 9.17) is 18.9 Å². The molecule has 0 amide bonds. The lowest BCUT2D eigenvalue weighted by molar-refractivity contribution is -0.145. The summed E-state index contributed by atoms with van der Waals surface area (Å²) in [5, 5.41) is 3.15. The van der Waals surface area contributed by atoms with Gasteiger partial charge in [-0.3, -0.25) is 4.79 Å². The van der Waals surface area contributed by atoms with Gasteiger partial charge in [0.05, 0.1) is 39.5 Å². The highest BCUT2D eigenvalue weighted by Gasteiger charge is 2.02. The number of carbonyl (C=O) groups is 1. The molecule has 0 aromatic heterocycles. The molecule has 0 unspecified atom stereocenters. The minimum Gasteiger partial charge on any atom is -0.463 e. The van der Waals surface area contributed by atoms with Crippen LogP contribution in [0.1, 0.15) is 20.3 Å². The maximum Gasteiger partial charge on any atom is 0.307 e. The Hall–Kier alpha value is -0.690. The van der Waals surface area contributed by atoms with Crippen LogP contribution in [-0.4, -0.2) is 65.3 Å². The van der Waals surface area contributed by atoms with Gasteiger partial charge >= 0.3 is 5.97 Å². The highest BCUT2D eigenvalue weighted by Crippen LogP contribution is 1.88. The van der Waals surface area contributed by atoms with Crippen molar-refractivity contribution in [1.29, 1.82) is 0 Å². The Morgan fingerprint density at radius 1 is 1.00 bits per heavy atom. The Balaban J connectivity index is 3.14. The van der Waals surface area contributed by atoms with Gasteiger partial charge in [0.15, 0.2) is 0 Å². The average Bonchev–Trinajstić information content (AvgIpc) is 2.36. The normalized spacial score (nSPS) is 10.9. The molecule has 6 heteroatoms. The van der Waals surface area contributed by atoms with Crippen molar-refractivity contribution in [2.45, 2.75) is 26.3 Å². The van der Waals surface area contributed by atoms with Gasteiger partial charge in [-0.2, -0.15) is 0 Å². The van der Waals surface area contributed by atoms with Crippen molar-refractivity contribution < 1.29 is 23.7 Å². The topological polar surface area (TPSA) is 66.0 Å². The van der Waals surface area contributed by atoms with Crippen molar-refractivity contribution in [2.24, 2.45) is 0 Å². The molecule has 19 heavy (non-hydrogen) atoms. The summed E-state index contributed by atoms with van der Waals surface area (Å²) in [5.41, 5.74) is 0. The Bertz CT molecular complexity index is 211. The van der Waals surface area contributed by atoms with Crippen LogP contribution in [0.4, 0.5) is 0 Å². The molecule has 0 aromatic carbocycles. The van der Waals surface area contributed by atoms with Crippen molar-refractivity contribution >= 4 is 5.97 Å². The van der Waals surface area contributed by atoms with E-state index in [1.165, 1.54) is 0 Å².